The second kappa shape index (κ2) is 78.5. The van der Waals surface area contributed by atoms with E-state index >= 15 is 0 Å². The molecule has 0 aliphatic rings. The Morgan fingerprint density at radius 3 is 0.800 bits per heavy atom. The molecule has 0 bridgehead atoms. The molecule has 4 N–H and O–H groups in total. The average Bonchev–Trinajstić information content (AvgIpc) is 0.921. The van der Waals surface area contributed by atoms with E-state index in [1.807, 2.05) is 0 Å². The number of carbonyl (C=O) groups excluding carboxylic acids is 3. The summed E-state index contributed by atoms with van der Waals surface area (Å²) in [7, 11) is -9.82. The summed E-state index contributed by atoms with van der Waals surface area (Å²) in [6, 6.07) is 0. The Labute approximate surface area is 637 Å². The lowest BCUT2D eigenvalue weighted by Gasteiger charge is -2.21. The molecule has 0 fully saturated rings. The van der Waals surface area contributed by atoms with Crippen molar-refractivity contribution in [3.63, 3.8) is 0 Å². The summed E-state index contributed by atoms with van der Waals surface area (Å²) in [6.45, 7) is 2.37. The Morgan fingerprint density at radius 1 is 0.276 bits per heavy atom. The molecule has 16 nitrogen and oxygen atoms in total. The molecule has 0 heterocycles. The monoisotopic (exact) mass is 1510 g/mol. The Kier molecular flexibility index (Phi) is 74.7. The summed E-state index contributed by atoms with van der Waals surface area (Å²) < 4.78 is 61.2. The highest BCUT2D eigenvalue weighted by Crippen LogP contribution is 2.45. The van der Waals surface area contributed by atoms with Gasteiger partial charge in [-0.05, 0) is 154 Å². The first-order valence-corrected chi connectivity index (χ1v) is 43.4. The number of hydrogen-bond acceptors (Lipinski definition) is 14. The molecule has 5 unspecified atom stereocenters. The number of rotatable bonds is 75. The van der Waals surface area contributed by atoms with Gasteiger partial charge in [-0.25, -0.2) is 9.13 Å². The van der Waals surface area contributed by atoms with E-state index in [0.717, 1.165) is 173 Å². The fourth-order valence-electron chi connectivity index (χ4n) is 10.3. The number of allylic oxidation sites excluding steroid dienone is 28. The normalized spacial score (nSPS) is 14.8. The quantitative estimate of drug-likeness (QED) is 0.0146. The Hall–Kier alpha value is -5.09. The summed E-state index contributed by atoms with van der Waals surface area (Å²) >= 11 is 0. The molecule has 0 radical (unpaired) electrons. The molecule has 5 atom stereocenters. The number of unbranched alkanes of at least 4 members (excludes halogenated alkanes) is 24. The van der Waals surface area contributed by atoms with Crippen molar-refractivity contribution in [1.82, 2.24) is 0 Å². The maximum atomic E-state index is 13.0. The first kappa shape index (κ1) is 99.9. The maximum Gasteiger partial charge on any atom is 0.472 e. The largest absolute Gasteiger partial charge is 0.472 e. The molecular weight excluding hydrogens is 1360 g/mol. The number of hydrogen-bond donors (Lipinski definition) is 4. The van der Waals surface area contributed by atoms with Crippen molar-refractivity contribution in [1.29, 1.82) is 0 Å². The zero-order valence-electron chi connectivity index (χ0n) is 65.3. The van der Waals surface area contributed by atoms with E-state index in [4.69, 9.17) is 32.3 Å². The number of esters is 3. The van der Waals surface area contributed by atoms with Crippen molar-refractivity contribution in [2.24, 2.45) is 0 Å². The molecule has 105 heavy (non-hydrogen) atoms. The highest BCUT2D eigenvalue weighted by atomic mass is 31.2. The van der Waals surface area contributed by atoms with Crippen molar-refractivity contribution >= 4 is 33.6 Å². The second-order valence-corrected chi connectivity index (χ2v) is 29.4. The van der Waals surface area contributed by atoms with E-state index in [2.05, 4.69) is 191 Å². The third kappa shape index (κ3) is 79.8. The van der Waals surface area contributed by atoms with Crippen LogP contribution in [-0.2, 0) is 55.8 Å². The van der Waals surface area contributed by atoms with Crippen LogP contribution in [0.25, 0.3) is 0 Å². The number of aliphatic hydroxyl groups excluding tert-OH is 2. The first-order valence-electron chi connectivity index (χ1n) is 40.4. The van der Waals surface area contributed by atoms with Gasteiger partial charge >= 0.3 is 33.6 Å². The van der Waals surface area contributed by atoms with Crippen LogP contribution >= 0.6 is 15.6 Å². The second-order valence-electron chi connectivity index (χ2n) is 26.5. The van der Waals surface area contributed by atoms with Crippen LogP contribution in [0.15, 0.2) is 170 Å². The van der Waals surface area contributed by atoms with Crippen molar-refractivity contribution < 1.29 is 75.8 Å². The minimum atomic E-state index is -4.95. The molecule has 18 heteroatoms. The van der Waals surface area contributed by atoms with Gasteiger partial charge in [0.25, 0.3) is 0 Å². The maximum absolute atomic E-state index is 13.0. The molecule has 598 valence electrons. The Bertz CT molecular complexity index is 2590. The van der Waals surface area contributed by atoms with Crippen LogP contribution in [0, 0.1) is 0 Å². The van der Waals surface area contributed by atoms with Gasteiger partial charge in [0.05, 0.1) is 26.4 Å². The van der Waals surface area contributed by atoms with Gasteiger partial charge < -0.3 is 34.2 Å². The zero-order chi connectivity index (χ0) is 76.6. The molecule has 0 rings (SSSR count). The molecule has 0 saturated carbocycles. The minimum absolute atomic E-state index is 0.0756. The number of carbonyl (C=O) groups is 3. The van der Waals surface area contributed by atoms with Crippen molar-refractivity contribution in [3.05, 3.63) is 170 Å². The van der Waals surface area contributed by atoms with Crippen LogP contribution in [0.4, 0.5) is 0 Å². The minimum Gasteiger partial charge on any atom is -0.463 e. The van der Waals surface area contributed by atoms with Gasteiger partial charge in [-0.2, -0.15) is 0 Å². The summed E-state index contributed by atoms with van der Waals surface area (Å²) in [4.78, 5) is 58.8. The fraction of sp³-hybridized carbons (Fsp3) is 0.644. The van der Waals surface area contributed by atoms with E-state index in [-0.39, 0.29) is 19.3 Å². The molecule has 0 aromatic carbocycles. The SMILES string of the molecule is CC/C=C\C/C=C\C/C=C\C/C=C\C/C=C\C/C=C\CCCCCCC(=O)OCC(COP(=O)(O)OCC(O)COP(=O)(O)OCC(O)COC(=O)CCCCCCCCCCCCC/C=C\C/C=C\C/C=C\C/C=C\CCCCC)OC(=O)CCCCCCCC/C=C\C/C=C\C/C=C\C/C=C\CC. The Morgan fingerprint density at radius 2 is 0.505 bits per heavy atom. The highest BCUT2D eigenvalue weighted by Gasteiger charge is 2.29. The lowest BCUT2D eigenvalue weighted by Crippen LogP contribution is -2.30. The van der Waals surface area contributed by atoms with Crippen LogP contribution in [0.2, 0.25) is 0 Å². The Balaban J connectivity index is 4.68. The van der Waals surface area contributed by atoms with E-state index in [9.17, 15) is 43.5 Å². The third-order valence-corrected chi connectivity index (χ3v) is 18.3. The molecule has 0 amide bonds. The van der Waals surface area contributed by atoms with E-state index < -0.39 is 91.5 Å². The number of aliphatic hydroxyl groups is 2. The lowest BCUT2D eigenvalue weighted by atomic mass is 10.0. The summed E-state index contributed by atoms with van der Waals surface area (Å²) in [5, 5.41) is 20.7. The van der Waals surface area contributed by atoms with Crippen molar-refractivity contribution in [2.75, 3.05) is 39.6 Å². The number of phosphoric acid groups is 2. The molecule has 0 aliphatic heterocycles. The standard InChI is InChI=1S/C87H144O16P2/c1-4-7-10-13-16-19-22-25-28-31-34-36-38-39-40-41-43-45-47-49-52-55-58-61-64-67-70-73-85(90)97-76-82(88)77-99-104(93,94)100-78-83(89)79-101-105(95,96)102-81-84(103-87(92)75-72-69-66-63-60-57-54-51-46-33-30-27-24-21-18-15-12-9-6-3)80-98-86(91)74-71-68-65-62-59-56-53-50-48-44-42-37-35-32-29-26-23-20-17-14-11-8-5-2/h8-9,11-12,16-21,25-30,34-37,39-40,44,46,48,51,53,56,82-84,88-89H,4-7,10,13-15,22-24,31-33,38,41-43,45,47,49-50,52,54-55,57-81H2,1-3H3,(H,93,94)(H,95,96)/b11-8-,12-9-,19-16-,20-17-,21-18-,28-25-,29-26-,30-27-,36-34-,37-35-,40-39-,48-44-,51-46-,56-53-. The summed E-state index contributed by atoms with van der Waals surface area (Å²) in [5.41, 5.74) is 0. The zero-order valence-corrected chi connectivity index (χ0v) is 67.1. The van der Waals surface area contributed by atoms with Gasteiger partial charge in [-0.3, -0.25) is 32.5 Å². The molecule has 0 spiro atoms. The smallest absolute Gasteiger partial charge is 0.463 e. The van der Waals surface area contributed by atoms with Gasteiger partial charge in [-0.1, -0.05) is 300 Å². The van der Waals surface area contributed by atoms with Crippen molar-refractivity contribution in [2.45, 2.75) is 322 Å². The van der Waals surface area contributed by atoms with Gasteiger partial charge in [0.15, 0.2) is 6.10 Å². The number of ether oxygens (including phenoxy) is 3. The van der Waals surface area contributed by atoms with E-state index in [1.165, 1.54) is 70.6 Å². The van der Waals surface area contributed by atoms with Crippen LogP contribution in [-0.4, -0.2) is 95.9 Å². The van der Waals surface area contributed by atoms with Gasteiger partial charge in [-0.15, -0.1) is 0 Å². The number of phosphoric ester groups is 2. The highest BCUT2D eigenvalue weighted by molar-refractivity contribution is 7.47. The molecular formula is C87H144O16P2. The summed E-state index contributed by atoms with van der Waals surface area (Å²) in [5.74, 6) is -1.63. The summed E-state index contributed by atoms with van der Waals surface area (Å²) in [6.07, 6.45) is 99.6. The van der Waals surface area contributed by atoms with Crippen molar-refractivity contribution in [3.8, 4) is 0 Å². The molecule has 0 saturated heterocycles. The predicted molar refractivity (Wildman–Crippen MR) is 435 cm³/mol. The van der Waals surface area contributed by atoms with E-state index in [1.54, 1.807) is 0 Å². The average molecular weight is 1510 g/mol. The fourth-order valence-corrected chi connectivity index (χ4v) is 11.9. The van der Waals surface area contributed by atoms with Gasteiger partial charge in [0.2, 0.25) is 0 Å². The third-order valence-electron chi connectivity index (χ3n) is 16.4. The lowest BCUT2D eigenvalue weighted by molar-refractivity contribution is -0.161. The van der Waals surface area contributed by atoms with Crippen LogP contribution in [0.5, 0.6) is 0 Å². The first-order chi connectivity index (χ1) is 51.2. The van der Waals surface area contributed by atoms with Gasteiger partial charge in [0.1, 0.15) is 25.4 Å². The van der Waals surface area contributed by atoms with Crippen LogP contribution in [0.3, 0.4) is 0 Å². The van der Waals surface area contributed by atoms with Crippen LogP contribution < -0.4 is 0 Å². The molecule has 0 aromatic rings. The topological polar surface area (TPSA) is 231 Å². The van der Waals surface area contributed by atoms with Gasteiger partial charge in [0, 0.05) is 19.3 Å². The van der Waals surface area contributed by atoms with E-state index in [0.29, 0.717) is 19.3 Å². The van der Waals surface area contributed by atoms with Crippen LogP contribution in [0.1, 0.15) is 303 Å². The molecule has 0 aromatic heterocycles. The predicted octanol–water partition coefficient (Wildman–Crippen LogP) is 24.0. The molecule has 0 aliphatic carbocycles.